The van der Waals surface area contributed by atoms with Crippen LogP contribution < -0.4 is 0 Å². The third-order valence-corrected chi connectivity index (χ3v) is 5.33. The van der Waals surface area contributed by atoms with E-state index in [2.05, 4.69) is 112 Å². The number of hydrogen-bond donors (Lipinski definition) is 2. The van der Waals surface area contributed by atoms with Crippen molar-refractivity contribution in [1.29, 1.82) is 0 Å². The van der Waals surface area contributed by atoms with Crippen molar-refractivity contribution in [1.82, 2.24) is 15.0 Å². The predicted octanol–water partition coefficient (Wildman–Crippen LogP) is 7.29. The molecule has 0 aliphatic carbocycles. The summed E-state index contributed by atoms with van der Waals surface area (Å²) < 4.78 is 0. The van der Waals surface area contributed by atoms with Gasteiger partial charge in [-0.3, -0.25) is 4.98 Å². The summed E-state index contributed by atoms with van der Waals surface area (Å²) in [6, 6.07) is 14.8. The molecule has 0 saturated heterocycles. The van der Waals surface area contributed by atoms with Crippen molar-refractivity contribution >= 4 is 5.57 Å². The molecular weight excluding hydrogens is 366 g/mol. The first kappa shape index (κ1) is 21.6. The van der Waals surface area contributed by atoms with E-state index in [0.29, 0.717) is 11.8 Å². The summed E-state index contributed by atoms with van der Waals surface area (Å²) in [4.78, 5) is 11.8. The Bertz CT molecular complexity index is 1060. The summed E-state index contributed by atoms with van der Waals surface area (Å²) in [5.74, 6) is 0.895. The van der Waals surface area contributed by atoms with Crippen LogP contribution in [0, 0.1) is 5.92 Å². The molecule has 3 aromatic heterocycles. The lowest BCUT2D eigenvalue weighted by Gasteiger charge is -2.06. The Balaban J connectivity index is 1.68. The number of H-pyrrole nitrogens is 2. The summed E-state index contributed by atoms with van der Waals surface area (Å²) >= 11 is 0. The zero-order chi connectivity index (χ0) is 21.7. The van der Waals surface area contributed by atoms with Gasteiger partial charge in [-0.1, -0.05) is 64.1 Å². The maximum absolute atomic E-state index is 4.78. The second-order valence-corrected chi connectivity index (χ2v) is 8.51. The molecule has 0 aromatic carbocycles. The van der Waals surface area contributed by atoms with Gasteiger partial charge in [-0.2, -0.15) is 0 Å². The monoisotopic (exact) mass is 399 g/mol. The number of nitrogens with zero attached hydrogens (tertiary/aromatic N) is 1. The Labute approximate surface area is 180 Å². The normalized spacial score (nSPS) is 12.4. The van der Waals surface area contributed by atoms with Crippen molar-refractivity contribution in [2.24, 2.45) is 5.92 Å². The molecule has 0 fully saturated rings. The van der Waals surface area contributed by atoms with Gasteiger partial charge >= 0.3 is 0 Å². The van der Waals surface area contributed by atoms with Crippen LogP contribution in [-0.4, -0.2) is 15.0 Å². The van der Waals surface area contributed by atoms with Gasteiger partial charge in [-0.05, 0) is 60.7 Å². The molecule has 156 valence electrons. The predicted molar refractivity (Wildman–Crippen MR) is 128 cm³/mol. The summed E-state index contributed by atoms with van der Waals surface area (Å²) in [6.45, 7) is 14.9. The van der Waals surface area contributed by atoms with Crippen LogP contribution in [0.4, 0.5) is 0 Å². The molecular formula is C27H33N3. The van der Waals surface area contributed by atoms with Crippen molar-refractivity contribution in [3.05, 3.63) is 95.6 Å². The average molecular weight is 400 g/mol. The third-order valence-electron chi connectivity index (χ3n) is 5.33. The molecule has 0 atom stereocenters. The molecule has 0 unspecified atom stereocenters. The Morgan fingerprint density at radius 2 is 1.73 bits per heavy atom. The molecule has 2 N–H and O–H groups in total. The zero-order valence-electron chi connectivity index (χ0n) is 18.8. The van der Waals surface area contributed by atoms with Crippen molar-refractivity contribution in [2.75, 3.05) is 0 Å². The number of nitrogens with one attached hydrogen (secondary N) is 2. The van der Waals surface area contributed by atoms with E-state index < -0.39 is 0 Å². The van der Waals surface area contributed by atoms with Crippen molar-refractivity contribution in [2.45, 2.75) is 47.0 Å². The van der Waals surface area contributed by atoms with E-state index >= 15 is 0 Å². The van der Waals surface area contributed by atoms with Crippen LogP contribution >= 0.6 is 0 Å². The van der Waals surface area contributed by atoms with Gasteiger partial charge in [0.2, 0.25) is 0 Å². The van der Waals surface area contributed by atoms with Gasteiger partial charge in [-0.15, -0.1) is 0 Å². The van der Waals surface area contributed by atoms with E-state index in [0.717, 1.165) is 34.8 Å². The minimum atomic E-state index is 0.423. The quantitative estimate of drug-likeness (QED) is 0.384. The molecule has 3 aromatic rings. The molecule has 0 saturated carbocycles. The first-order valence-electron chi connectivity index (χ1n) is 10.7. The zero-order valence-corrected chi connectivity index (χ0v) is 18.8. The molecule has 30 heavy (non-hydrogen) atoms. The first-order chi connectivity index (χ1) is 14.3. The van der Waals surface area contributed by atoms with E-state index in [1.165, 1.54) is 17.0 Å². The average Bonchev–Trinajstić information content (AvgIpc) is 3.38. The molecule has 0 aliphatic heterocycles. The summed E-state index contributed by atoms with van der Waals surface area (Å²) in [6.07, 6.45) is 7.12. The maximum atomic E-state index is 4.78. The number of aromatic nitrogens is 3. The van der Waals surface area contributed by atoms with Crippen molar-refractivity contribution < 1.29 is 0 Å². The molecule has 0 aliphatic rings. The van der Waals surface area contributed by atoms with Crippen LogP contribution in [-0.2, 0) is 6.42 Å². The minimum absolute atomic E-state index is 0.423. The van der Waals surface area contributed by atoms with E-state index in [-0.39, 0.29) is 0 Å². The molecule has 0 bridgehead atoms. The van der Waals surface area contributed by atoms with Gasteiger partial charge in [0.1, 0.15) is 0 Å². The van der Waals surface area contributed by atoms with E-state index in [1.807, 2.05) is 0 Å². The van der Waals surface area contributed by atoms with Crippen molar-refractivity contribution in [3.8, 4) is 11.4 Å². The van der Waals surface area contributed by atoms with E-state index in [9.17, 15) is 0 Å². The van der Waals surface area contributed by atoms with Crippen LogP contribution in [0.15, 0.2) is 72.8 Å². The fourth-order valence-electron chi connectivity index (χ4n) is 3.19. The largest absolute Gasteiger partial charge is 0.358 e. The van der Waals surface area contributed by atoms with Gasteiger partial charge in [-0.25, -0.2) is 0 Å². The second-order valence-electron chi connectivity index (χ2n) is 8.51. The fraction of sp³-hybridized carbons (Fsp3) is 0.296. The SMILES string of the molecule is C=C(/C=C\C=C(/C)c1ccc(Cc2ccc(-c3cccc(C(C)C)n3)[nH]2)[nH]1)C(C)C. The molecule has 3 nitrogen and oxygen atoms in total. The lowest BCUT2D eigenvalue weighted by atomic mass is 10.0. The van der Waals surface area contributed by atoms with Crippen LogP contribution in [0.1, 0.15) is 63.3 Å². The Morgan fingerprint density at radius 3 is 2.47 bits per heavy atom. The maximum Gasteiger partial charge on any atom is 0.0867 e. The van der Waals surface area contributed by atoms with Crippen LogP contribution in [0.3, 0.4) is 0 Å². The highest BCUT2D eigenvalue weighted by Crippen LogP contribution is 2.21. The Morgan fingerprint density at radius 1 is 1.00 bits per heavy atom. The Kier molecular flexibility index (Phi) is 6.94. The van der Waals surface area contributed by atoms with Crippen LogP contribution in [0.25, 0.3) is 17.0 Å². The smallest absolute Gasteiger partial charge is 0.0867 e. The van der Waals surface area contributed by atoms with Gasteiger partial charge < -0.3 is 9.97 Å². The number of allylic oxidation sites excluding steroid dienone is 5. The number of aromatic amines is 2. The molecule has 0 spiro atoms. The van der Waals surface area contributed by atoms with Crippen LogP contribution in [0.2, 0.25) is 0 Å². The lowest BCUT2D eigenvalue weighted by Crippen LogP contribution is -1.94. The van der Waals surface area contributed by atoms with E-state index in [4.69, 9.17) is 4.98 Å². The summed E-state index contributed by atoms with van der Waals surface area (Å²) in [5.41, 5.74) is 9.02. The van der Waals surface area contributed by atoms with Gasteiger partial charge in [0.15, 0.2) is 0 Å². The standard InChI is InChI=1S/C27H33N3/c1-18(2)20(5)9-7-10-21(6)25-15-13-22(28-25)17-23-14-16-27(29-23)26-12-8-11-24(30-26)19(3)4/h7-16,18-19,28-29H,5,17H2,1-4,6H3/b9-7-,21-10+. The van der Waals surface area contributed by atoms with Gasteiger partial charge in [0, 0.05) is 29.2 Å². The Hall–Kier alpha value is -3.07. The van der Waals surface area contributed by atoms with Gasteiger partial charge in [0.25, 0.3) is 0 Å². The topological polar surface area (TPSA) is 44.5 Å². The highest BCUT2D eigenvalue weighted by molar-refractivity contribution is 5.63. The number of rotatable bonds is 8. The minimum Gasteiger partial charge on any atom is -0.358 e. The summed E-state index contributed by atoms with van der Waals surface area (Å²) in [7, 11) is 0. The molecule has 3 rings (SSSR count). The molecule has 3 heteroatoms. The van der Waals surface area contributed by atoms with Crippen LogP contribution in [0.5, 0.6) is 0 Å². The second kappa shape index (κ2) is 9.62. The fourth-order valence-corrected chi connectivity index (χ4v) is 3.19. The van der Waals surface area contributed by atoms with E-state index in [1.54, 1.807) is 0 Å². The number of pyridine rings is 1. The molecule has 0 radical (unpaired) electrons. The summed E-state index contributed by atoms with van der Waals surface area (Å²) in [5, 5.41) is 0. The van der Waals surface area contributed by atoms with Crippen molar-refractivity contribution in [3.63, 3.8) is 0 Å². The molecule has 3 heterocycles. The third kappa shape index (κ3) is 5.50. The lowest BCUT2D eigenvalue weighted by molar-refractivity contribution is 0.795. The highest BCUT2D eigenvalue weighted by atomic mass is 14.8. The highest BCUT2D eigenvalue weighted by Gasteiger charge is 2.08. The number of hydrogen-bond acceptors (Lipinski definition) is 1. The molecule has 0 amide bonds. The van der Waals surface area contributed by atoms with Gasteiger partial charge in [0.05, 0.1) is 11.4 Å². The first-order valence-corrected chi connectivity index (χ1v) is 10.7.